The second-order valence-electron chi connectivity index (χ2n) is 6.58. The number of hydrogen-bond donors (Lipinski definition) is 2. The first kappa shape index (κ1) is 20.9. The second kappa shape index (κ2) is 10.7. The number of para-hydroxylation sites is 1. The highest BCUT2D eigenvalue weighted by Crippen LogP contribution is 2.18. The lowest BCUT2D eigenvalue weighted by molar-refractivity contribution is -0.123. The van der Waals surface area contributed by atoms with Gasteiger partial charge in [0.15, 0.2) is 6.61 Å². The van der Waals surface area contributed by atoms with Crippen LogP contribution >= 0.6 is 0 Å². The molecule has 0 bridgehead atoms. The summed E-state index contributed by atoms with van der Waals surface area (Å²) in [6.45, 7) is 0.612. The summed E-state index contributed by atoms with van der Waals surface area (Å²) in [5.74, 6) is 0.594. The van der Waals surface area contributed by atoms with E-state index in [-0.39, 0.29) is 18.4 Å². The van der Waals surface area contributed by atoms with Gasteiger partial charge >= 0.3 is 0 Å². The highest BCUT2D eigenvalue weighted by Gasteiger charge is 2.13. The molecule has 0 aliphatic rings. The van der Waals surface area contributed by atoms with E-state index in [0.717, 1.165) is 16.9 Å². The van der Waals surface area contributed by atoms with Crippen LogP contribution in [0.4, 0.5) is 0 Å². The van der Waals surface area contributed by atoms with Crippen molar-refractivity contribution in [1.82, 2.24) is 10.6 Å². The van der Waals surface area contributed by atoms with E-state index in [2.05, 4.69) is 10.6 Å². The van der Waals surface area contributed by atoms with Crippen LogP contribution in [-0.2, 0) is 17.9 Å². The standard InChI is InChI=1S/C24H24N2O4/c1-29-20-13-11-19(12-14-20)15-25-23(27)17-30-22-10-6-5-9-21(22)24(28)26-16-18-7-3-2-4-8-18/h2-14H,15-17H2,1H3,(H,25,27)(H,26,28). The van der Waals surface area contributed by atoms with Gasteiger partial charge in [0.05, 0.1) is 12.7 Å². The van der Waals surface area contributed by atoms with Crippen molar-refractivity contribution in [3.63, 3.8) is 0 Å². The van der Waals surface area contributed by atoms with E-state index in [1.165, 1.54) is 0 Å². The molecule has 0 aliphatic heterocycles. The van der Waals surface area contributed by atoms with Crippen LogP contribution in [0.15, 0.2) is 78.9 Å². The van der Waals surface area contributed by atoms with E-state index >= 15 is 0 Å². The largest absolute Gasteiger partial charge is 0.497 e. The van der Waals surface area contributed by atoms with Crippen molar-refractivity contribution in [3.05, 3.63) is 95.6 Å². The van der Waals surface area contributed by atoms with Crippen LogP contribution in [0.1, 0.15) is 21.5 Å². The zero-order valence-electron chi connectivity index (χ0n) is 16.8. The van der Waals surface area contributed by atoms with Gasteiger partial charge in [-0.15, -0.1) is 0 Å². The van der Waals surface area contributed by atoms with Crippen LogP contribution in [-0.4, -0.2) is 25.5 Å². The molecule has 3 aromatic rings. The molecule has 3 rings (SSSR count). The first-order valence-corrected chi connectivity index (χ1v) is 9.59. The van der Waals surface area contributed by atoms with Crippen molar-refractivity contribution in [2.45, 2.75) is 13.1 Å². The van der Waals surface area contributed by atoms with E-state index in [4.69, 9.17) is 9.47 Å². The first-order valence-electron chi connectivity index (χ1n) is 9.59. The van der Waals surface area contributed by atoms with Gasteiger partial charge in [-0.3, -0.25) is 9.59 Å². The number of methoxy groups -OCH3 is 1. The third-order valence-electron chi connectivity index (χ3n) is 4.44. The zero-order valence-corrected chi connectivity index (χ0v) is 16.8. The van der Waals surface area contributed by atoms with Crippen LogP contribution in [0.2, 0.25) is 0 Å². The van der Waals surface area contributed by atoms with Gasteiger partial charge in [0.1, 0.15) is 11.5 Å². The Morgan fingerprint density at radius 1 is 0.767 bits per heavy atom. The van der Waals surface area contributed by atoms with Gasteiger partial charge in [0.2, 0.25) is 0 Å². The molecule has 2 N–H and O–H groups in total. The Kier molecular flexibility index (Phi) is 7.44. The predicted molar refractivity (Wildman–Crippen MR) is 114 cm³/mol. The van der Waals surface area contributed by atoms with E-state index in [1.807, 2.05) is 54.6 Å². The van der Waals surface area contributed by atoms with Gasteiger partial charge in [0, 0.05) is 13.1 Å². The topological polar surface area (TPSA) is 76.7 Å². The molecule has 0 saturated carbocycles. The molecule has 0 atom stereocenters. The van der Waals surface area contributed by atoms with Crippen molar-refractivity contribution in [2.75, 3.05) is 13.7 Å². The van der Waals surface area contributed by atoms with Crippen molar-refractivity contribution in [1.29, 1.82) is 0 Å². The Hall–Kier alpha value is -3.80. The van der Waals surface area contributed by atoms with Gasteiger partial charge < -0.3 is 20.1 Å². The number of carbonyl (C=O) groups excluding carboxylic acids is 2. The highest BCUT2D eigenvalue weighted by molar-refractivity contribution is 5.97. The summed E-state index contributed by atoms with van der Waals surface area (Å²) < 4.78 is 10.7. The maximum atomic E-state index is 12.5. The molecule has 0 fully saturated rings. The summed E-state index contributed by atoms with van der Waals surface area (Å²) >= 11 is 0. The molecular weight excluding hydrogens is 380 g/mol. The van der Waals surface area contributed by atoms with Crippen LogP contribution in [0.5, 0.6) is 11.5 Å². The van der Waals surface area contributed by atoms with Crippen molar-refractivity contribution < 1.29 is 19.1 Å². The van der Waals surface area contributed by atoms with Gasteiger partial charge in [-0.25, -0.2) is 0 Å². The third-order valence-corrected chi connectivity index (χ3v) is 4.44. The summed E-state index contributed by atoms with van der Waals surface area (Å²) in [5.41, 5.74) is 2.34. The molecule has 30 heavy (non-hydrogen) atoms. The fraction of sp³-hybridized carbons (Fsp3) is 0.167. The summed E-state index contributed by atoms with van der Waals surface area (Å²) in [6, 6.07) is 23.9. The number of nitrogens with one attached hydrogen (secondary N) is 2. The Morgan fingerprint density at radius 2 is 1.40 bits per heavy atom. The van der Waals surface area contributed by atoms with E-state index < -0.39 is 0 Å². The van der Waals surface area contributed by atoms with Crippen LogP contribution in [0.3, 0.4) is 0 Å². The van der Waals surface area contributed by atoms with Crippen molar-refractivity contribution >= 4 is 11.8 Å². The smallest absolute Gasteiger partial charge is 0.258 e. The summed E-state index contributed by atoms with van der Waals surface area (Å²) in [6.07, 6.45) is 0. The number of amides is 2. The first-order chi connectivity index (χ1) is 14.7. The normalized spacial score (nSPS) is 10.2. The van der Waals surface area contributed by atoms with Gasteiger partial charge in [-0.2, -0.15) is 0 Å². The molecule has 0 aliphatic carbocycles. The predicted octanol–water partition coefficient (Wildman–Crippen LogP) is 3.32. The zero-order chi connectivity index (χ0) is 21.2. The summed E-state index contributed by atoms with van der Waals surface area (Å²) in [7, 11) is 1.61. The highest BCUT2D eigenvalue weighted by atomic mass is 16.5. The van der Waals surface area contributed by atoms with Crippen LogP contribution < -0.4 is 20.1 Å². The lowest BCUT2D eigenvalue weighted by atomic mass is 10.1. The minimum absolute atomic E-state index is 0.181. The number of ether oxygens (including phenoxy) is 2. The molecule has 0 aromatic heterocycles. The number of carbonyl (C=O) groups is 2. The maximum absolute atomic E-state index is 12.5. The second-order valence-corrected chi connectivity index (χ2v) is 6.58. The monoisotopic (exact) mass is 404 g/mol. The van der Waals surface area contributed by atoms with Gasteiger partial charge in [-0.05, 0) is 35.4 Å². The average molecular weight is 404 g/mol. The number of hydrogen-bond acceptors (Lipinski definition) is 4. The maximum Gasteiger partial charge on any atom is 0.258 e. The molecule has 0 radical (unpaired) electrons. The van der Waals surface area contributed by atoms with Gasteiger partial charge in [-0.1, -0.05) is 54.6 Å². The quantitative estimate of drug-likeness (QED) is 0.574. The summed E-state index contributed by atoms with van der Waals surface area (Å²) in [5, 5.41) is 5.67. The SMILES string of the molecule is COc1ccc(CNC(=O)COc2ccccc2C(=O)NCc2ccccc2)cc1. The van der Waals surface area contributed by atoms with Crippen LogP contribution in [0, 0.1) is 0 Å². The molecule has 3 aromatic carbocycles. The minimum atomic E-state index is -0.273. The van der Waals surface area contributed by atoms with Gasteiger partial charge in [0.25, 0.3) is 11.8 Å². The van der Waals surface area contributed by atoms with E-state index in [0.29, 0.717) is 24.4 Å². The molecule has 0 saturated heterocycles. The molecule has 0 unspecified atom stereocenters. The fourth-order valence-corrected chi connectivity index (χ4v) is 2.79. The van der Waals surface area contributed by atoms with Crippen molar-refractivity contribution in [3.8, 4) is 11.5 Å². The Bertz CT molecular complexity index is 972. The fourth-order valence-electron chi connectivity index (χ4n) is 2.79. The molecule has 0 heterocycles. The Morgan fingerprint density at radius 3 is 2.13 bits per heavy atom. The molecular formula is C24H24N2O4. The van der Waals surface area contributed by atoms with Crippen LogP contribution in [0.25, 0.3) is 0 Å². The number of benzene rings is 3. The molecule has 2 amide bonds. The lowest BCUT2D eigenvalue weighted by Crippen LogP contribution is -2.29. The third kappa shape index (κ3) is 6.10. The Balaban J connectivity index is 1.51. The van der Waals surface area contributed by atoms with Crippen molar-refractivity contribution in [2.24, 2.45) is 0 Å². The molecule has 154 valence electrons. The number of rotatable bonds is 9. The molecule has 6 heteroatoms. The molecule has 0 spiro atoms. The van der Waals surface area contributed by atoms with E-state index in [1.54, 1.807) is 31.4 Å². The minimum Gasteiger partial charge on any atom is -0.497 e. The van der Waals surface area contributed by atoms with E-state index in [9.17, 15) is 9.59 Å². The lowest BCUT2D eigenvalue weighted by Gasteiger charge is -2.12. The average Bonchev–Trinajstić information content (AvgIpc) is 2.81. The molecule has 6 nitrogen and oxygen atoms in total. The summed E-state index contributed by atoms with van der Waals surface area (Å²) in [4.78, 5) is 24.7. The Labute approximate surface area is 175 Å².